The molecule has 33 heavy (non-hydrogen) atoms. The van der Waals surface area contributed by atoms with Crippen LogP contribution < -0.4 is 4.90 Å². The third-order valence-electron chi connectivity index (χ3n) is 6.91. The Morgan fingerprint density at radius 1 is 1.06 bits per heavy atom. The average molecular weight is 449 g/mol. The van der Waals surface area contributed by atoms with E-state index in [9.17, 15) is 9.59 Å². The largest absolute Gasteiger partial charge is 0.380 e. The van der Waals surface area contributed by atoms with Crippen molar-refractivity contribution in [1.29, 1.82) is 0 Å². The Morgan fingerprint density at radius 2 is 1.91 bits per heavy atom. The van der Waals surface area contributed by atoms with Crippen molar-refractivity contribution in [2.75, 3.05) is 44.3 Å². The molecule has 3 aliphatic heterocycles. The molecule has 2 aromatic rings. The van der Waals surface area contributed by atoms with Gasteiger partial charge in [0.25, 0.3) is 11.8 Å². The quantitative estimate of drug-likeness (QED) is 0.629. The Bertz CT molecular complexity index is 1050. The molecular formula is C26H32N4O3. The van der Waals surface area contributed by atoms with Crippen LogP contribution in [0.15, 0.2) is 30.5 Å². The van der Waals surface area contributed by atoms with Gasteiger partial charge in [-0.2, -0.15) is 0 Å². The van der Waals surface area contributed by atoms with Crippen molar-refractivity contribution in [2.24, 2.45) is 0 Å². The number of pyridine rings is 1. The minimum absolute atomic E-state index is 0.0780. The summed E-state index contributed by atoms with van der Waals surface area (Å²) in [6.07, 6.45) is 7.04. The van der Waals surface area contributed by atoms with E-state index in [1.807, 2.05) is 34.9 Å². The van der Waals surface area contributed by atoms with E-state index < -0.39 is 0 Å². The fourth-order valence-corrected chi connectivity index (χ4v) is 5.15. The number of anilines is 2. The van der Waals surface area contributed by atoms with Gasteiger partial charge < -0.3 is 19.4 Å². The van der Waals surface area contributed by atoms with Crippen LogP contribution >= 0.6 is 0 Å². The van der Waals surface area contributed by atoms with Crippen molar-refractivity contribution >= 4 is 23.3 Å². The molecule has 0 unspecified atom stereocenters. The van der Waals surface area contributed by atoms with Crippen LogP contribution in [0.2, 0.25) is 0 Å². The van der Waals surface area contributed by atoms with E-state index in [-0.39, 0.29) is 11.8 Å². The van der Waals surface area contributed by atoms with Crippen molar-refractivity contribution in [3.63, 3.8) is 0 Å². The number of aryl methyl sites for hydroxylation is 1. The van der Waals surface area contributed by atoms with E-state index in [0.29, 0.717) is 31.9 Å². The highest BCUT2D eigenvalue weighted by molar-refractivity contribution is 5.99. The zero-order valence-corrected chi connectivity index (χ0v) is 19.4. The topological polar surface area (TPSA) is 66.0 Å². The zero-order chi connectivity index (χ0) is 22.8. The Hall–Kier alpha value is -2.93. The van der Waals surface area contributed by atoms with Gasteiger partial charge in [0.05, 0.1) is 12.2 Å². The molecule has 3 aliphatic rings. The molecule has 1 fully saturated rings. The van der Waals surface area contributed by atoms with Crippen LogP contribution in [-0.2, 0) is 17.7 Å². The summed E-state index contributed by atoms with van der Waals surface area (Å²) in [5.74, 6) is 1.11. The predicted octanol–water partition coefficient (Wildman–Crippen LogP) is 3.78. The third-order valence-corrected chi connectivity index (χ3v) is 6.91. The molecule has 1 saturated heterocycles. The normalized spacial score (nSPS) is 17.8. The lowest BCUT2D eigenvalue weighted by atomic mass is 10.0. The van der Waals surface area contributed by atoms with Gasteiger partial charge in [-0.15, -0.1) is 0 Å². The van der Waals surface area contributed by atoms with E-state index >= 15 is 0 Å². The summed E-state index contributed by atoms with van der Waals surface area (Å²) in [4.78, 5) is 36.5. The van der Waals surface area contributed by atoms with Crippen LogP contribution in [0.3, 0.4) is 0 Å². The summed E-state index contributed by atoms with van der Waals surface area (Å²) >= 11 is 0. The summed E-state index contributed by atoms with van der Waals surface area (Å²) in [6.45, 7) is 6.97. The molecule has 7 nitrogen and oxygen atoms in total. The number of benzene rings is 1. The highest BCUT2D eigenvalue weighted by atomic mass is 16.5. The molecule has 1 aromatic heterocycles. The Labute approximate surface area is 195 Å². The maximum atomic E-state index is 12.9. The van der Waals surface area contributed by atoms with Crippen molar-refractivity contribution in [3.05, 3.63) is 52.7 Å². The number of hydrogen-bond donors (Lipinski definition) is 0. The van der Waals surface area contributed by atoms with E-state index in [1.165, 1.54) is 6.42 Å². The first-order chi connectivity index (χ1) is 16.2. The monoisotopic (exact) mass is 448 g/mol. The summed E-state index contributed by atoms with van der Waals surface area (Å²) in [6, 6.07) is 8.12. The van der Waals surface area contributed by atoms with Crippen molar-refractivity contribution in [2.45, 2.75) is 45.6 Å². The van der Waals surface area contributed by atoms with Crippen LogP contribution in [0.5, 0.6) is 0 Å². The molecule has 0 radical (unpaired) electrons. The number of aromatic nitrogens is 1. The van der Waals surface area contributed by atoms with Crippen molar-refractivity contribution < 1.29 is 14.3 Å². The lowest BCUT2D eigenvalue weighted by molar-refractivity contribution is 0.0680. The molecule has 0 aliphatic carbocycles. The highest BCUT2D eigenvalue weighted by Crippen LogP contribution is 2.35. The van der Waals surface area contributed by atoms with Gasteiger partial charge in [0.2, 0.25) is 0 Å². The van der Waals surface area contributed by atoms with Crippen molar-refractivity contribution in [1.82, 2.24) is 14.8 Å². The van der Waals surface area contributed by atoms with Gasteiger partial charge in [-0.25, -0.2) is 4.98 Å². The minimum atomic E-state index is 0.0780. The van der Waals surface area contributed by atoms with Gasteiger partial charge in [-0.05, 0) is 74.4 Å². The first-order valence-corrected chi connectivity index (χ1v) is 12.2. The number of fused-ring (bicyclic) bond motifs is 2. The second-order valence-corrected chi connectivity index (χ2v) is 9.08. The van der Waals surface area contributed by atoms with Gasteiger partial charge in [0.1, 0.15) is 5.82 Å². The molecule has 4 heterocycles. The highest BCUT2D eigenvalue weighted by Gasteiger charge is 2.29. The van der Waals surface area contributed by atoms with Crippen LogP contribution in [0.25, 0.3) is 0 Å². The summed E-state index contributed by atoms with van der Waals surface area (Å²) in [5, 5.41) is 0. The van der Waals surface area contributed by atoms with Gasteiger partial charge in [0.15, 0.2) is 0 Å². The van der Waals surface area contributed by atoms with E-state index in [4.69, 9.17) is 9.72 Å². The molecule has 0 bridgehead atoms. The van der Waals surface area contributed by atoms with Gasteiger partial charge in [-0.1, -0.05) is 0 Å². The van der Waals surface area contributed by atoms with E-state index in [1.54, 1.807) is 6.20 Å². The maximum absolute atomic E-state index is 12.9. The minimum Gasteiger partial charge on any atom is -0.380 e. The summed E-state index contributed by atoms with van der Waals surface area (Å²) in [5.41, 5.74) is 4.71. The molecule has 1 aromatic carbocycles. The first kappa shape index (κ1) is 21.9. The standard InChI is InChI=1S/C26H32N4O3/c1-2-33-14-13-29-18-21-16-22(8-9-23(21)26(29)32)30-12-6-7-19-15-20(17-27-24(19)30)25(31)28-10-4-3-5-11-28/h8-9,15-17H,2-7,10-14,18H2,1H3. The third kappa shape index (κ3) is 4.34. The number of rotatable bonds is 6. The lowest BCUT2D eigenvalue weighted by Crippen LogP contribution is -2.36. The maximum Gasteiger partial charge on any atom is 0.255 e. The number of amides is 2. The number of ether oxygens (including phenoxy) is 1. The molecule has 0 atom stereocenters. The van der Waals surface area contributed by atoms with Crippen LogP contribution in [0.4, 0.5) is 11.5 Å². The van der Waals surface area contributed by atoms with E-state index in [0.717, 1.165) is 73.5 Å². The predicted molar refractivity (Wildman–Crippen MR) is 127 cm³/mol. The molecular weight excluding hydrogens is 416 g/mol. The molecule has 5 rings (SSSR count). The molecule has 0 N–H and O–H groups in total. The molecule has 7 heteroatoms. The number of hydrogen-bond acceptors (Lipinski definition) is 5. The van der Waals surface area contributed by atoms with E-state index in [2.05, 4.69) is 11.0 Å². The Kier molecular flexibility index (Phi) is 6.31. The fourth-order valence-electron chi connectivity index (χ4n) is 5.15. The molecule has 174 valence electrons. The van der Waals surface area contributed by atoms with Gasteiger partial charge in [-0.3, -0.25) is 9.59 Å². The number of piperidine rings is 1. The van der Waals surface area contributed by atoms with Gasteiger partial charge >= 0.3 is 0 Å². The fraction of sp³-hybridized carbons (Fsp3) is 0.500. The number of carbonyl (C=O) groups is 2. The second kappa shape index (κ2) is 9.51. The van der Waals surface area contributed by atoms with Crippen LogP contribution in [0.1, 0.15) is 64.4 Å². The summed E-state index contributed by atoms with van der Waals surface area (Å²) < 4.78 is 5.43. The molecule has 0 saturated carbocycles. The Balaban J connectivity index is 1.35. The average Bonchev–Trinajstić information content (AvgIpc) is 3.18. The number of nitrogens with zero attached hydrogens (tertiary/aromatic N) is 4. The number of likely N-dealkylation sites (tertiary alicyclic amines) is 1. The smallest absolute Gasteiger partial charge is 0.255 e. The van der Waals surface area contributed by atoms with Crippen molar-refractivity contribution in [3.8, 4) is 0 Å². The number of carbonyl (C=O) groups excluding carboxylic acids is 2. The molecule has 2 amide bonds. The van der Waals surface area contributed by atoms with Gasteiger partial charge in [0, 0.05) is 56.8 Å². The molecule has 0 spiro atoms. The second-order valence-electron chi connectivity index (χ2n) is 9.08. The zero-order valence-electron chi connectivity index (χ0n) is 19.4. The SMILES string of the molecule is CCOCCN1Cc2cc(N3CCCc4cc(C(=O)N5CCCCC5)cnc43)ccc2C1=O. The van der Waals surface area contributed by atoms with Crippen LogP contribution in [0, 0.1) is 0 Å². The summed E-state index contributed by atoms with van der Waals surface area (Å²) in [7, 11) is 0. The Morgan fingerprint density at radius 3 is 2.73 bits per heavy atom. The lowest BCUT2D eigenvalue weighted by Gasteiger charge is -2.31. The van der Waals surface area contributed by atoms with Crippen LogP contribution in [-0.4, -0.2) is 66.0 Å². The first-order valence-electron chi connectivity index (χ1n) is 12.2.